The second-order valence-electron chi connectivity index (χ2n) is 4.13. The zero-order chi connectivity index (χ0) is 14.0. The van der Waals surface area contributed by atoms with Gasteiger partial charge in [0.2, 0.25) is 5.88 Å². The van der Waals surface area contributed by atoms with Crippen LogP contribution in [0, 0.1) is 25.2 Å². The lowest BCUT2D eigenvalue weighted by atomic mass is 10.1. The first-order valence-electron chi connectivity index (χ1n) is 5.63. The van der Waals surface area contributed by atoms with E-state index in [1.54, 1.807) is 6.07 Å². The number of ether oxygens (including phenoxy) is 1. The topological polar surface area (TPSA) is 71.9 Å². The number of nitrogens with zero attached hydrogens (tertiary/aromatic N) is 2. The minimum atomic E-state index is 0.276. The highest BCUT2D eigenvalue weighted by Gasteiger charge is 2.14. The van der Waals surface area contributed by atoms with Crippen LogP contribution >= 0.6 is 15.9 Å². The van der Waals surface area contributed by atoms with Gasteiger partial charge in [-0.1, -0.05) is 6.07 Å². The summed E-state index contributed by atoms with van der Waals surface area (Å²) in [5.74, 6) is 0.745. The predicted molar refractivity (Wildman–Crippen MR) is 77.1 cm³/mol. The second kappa shape index (κ2) is 5.29. The number of aromatic nitrogens is 1. The molecule has 0 saturated heterocycles. The summed E-state index contributed by atoms with van der Waals surface area (Å²) < 4.78 is 6.44. The van der Waals surface area contributed by atoms with Crippen LogP contribution in [0.4, 0.5) is 5.69 Å². The molecule has 1 heterocycles. The SMILES string of the molecule is Cc1cc(C)c(C#N)c(Oc2c(N)cccc2Br)n1. The van der Waals surface area contributed by atoms with Gasteiger partial charge in [-0.3, -0.25) is 0 Å². The second-order valence-corrected chi connectivity index (χ2v) is 4.99. The van der Waals surface area contributed by atoms with Gasteiger partial charge in [-0.25, -0.2) is 4.98 Å². The minimum absolute atomic E-state index is 0.276. The third kappa shape index (κ3) is 2.69. The number of nitrogen functional groups attached to an aromatic ring is 1. The molecule has 2 rings (SSSR count). The van der Waals surface area contributed by atoms with Gasteiger partial charge in [-0.15, -0.1) is 0 Å². The number of hydrogen-bond donors (Lipinski definition) is 1. The molecule has 0 aliphatic heterocycles. The maximum atomic E-state index is 9.19. The van der Waals surface area contributed by atoms with Crippen LogP contribution in [-0.2, 0) is 0 Å². The van der Waals surface area contributed by atoms with Crippen LogP contribution in [0.3, 0.4) is 0 Å². The third-order valence-corrected chi connectivity index (χ3v) is 3.24. The van der Waals surface area contributed by atoms with Crippen molar-refractivity contribution >= 4 is 21.6 Å². The highest BCUT2D eigenvalue weighted by molar-refractivity contribution is 9.10. The average Bonchev–Trinajstić information content (AvgIpc) is 2.33. The number of para-hydroxylation sites is 1. The smallest absolute Gasteiger partial charge is 0.237 e. The summed E-state index contributed by atoms with van der Waals surface area (Å²) in [4.78, 5) is 4.26. The Labute approximate surface area is 120 Å². The van der Waals surface area contributed by atoms with Crippen LogP contribution in [0.1, 0.15) is 16.8 Å². The molecule has 0 spiro atoms. The standard InChI is InChI=1S/C14H12BrN3O/c1-8-6-9(2)18-14(10(8)7-16)19-13-11(15)4-3-5-12(13)17/h3-6H,17H2,1-2H3. The Morgan fingerprint density at radius 3 is 2.74 bits per heavy atom. The number of anilines is 1. The normalized spacial score (nSPS) is 10.0. The minimum Gasteiger partial charge on any atom is -0.434 e. The van der Waals surface area contributed by atoms with Crippen LogP contribution in [-0.4, -0.2) is 4.98 Å². The van der Waals surface area contributed by atoms with E-state index in [2.05, 4.69) is 27.0 Å². The molecule has 0 aliphatic rings. The number of halogens is 1. The molecule has 4 nitrogen and oxygen atoms in total. The lowest BCUT2D eigenvalue weighted by Crippen LogP contribution is -1.99. The fourth-order valence-electron chi connectivity index (χ4n) is 1.74. The molecule has 96 valence electrons. The van der Waals surface area contributed by atoms with Crippen molar-refractivity contribution < 1.29 is 4.74 Å². The summed E-state index contributed by atoms with van der Waals surface area (Å²) in [7, 11) is 0. The van der Waals surface area contributed by atoms with Crippen molar-refractivity contribution in [2.75, 3.05) is 5.73 Å². The zero-order valence-electron chi connectivity index (χ0n) is 10.6. The number of rotatable bonds is 2. The summed E-state index contributed by atoms with van der Waals surface area (Å²) in [5, 5.41) is 9.19. The molecule has 1 aromatic carbocycles. The average molecular weight is 318 g/mol. The predicted octanol–water partition coefficient (Wildman–Crippen LogP) is 3.71. The van der Waals surface area contributed by atoms with E-state index in [-0.39, 0.29) is 5.88 Å². The number of nitriles is 1. The summed E-state index contributed by atoms with van der Waals surface area (Å²) in [6.45, 7) is 3.70. The third-order valence-electron chi connectivity index (χ3n) is 2.62. The lowest BCUT2D eigenvalue weighted by molar-refractivity contribution is 0.459. The van der Waals surface area contributed by atoms with Crippen molar-refractivity contribution in [3.8, 4) is 17.7 Å². The number of benzene rings is 1. The van der Waals surface area contributed by atoms with Crippen LogP contribution in [0.15, 0.2) is 28.7 Å². The Hall–Kier alpha value is -2.06. The number of aryl methyl sites for hydroxylation is 2. The maximum Gasteiger partial charge on any atom is 0.237 e. The van der Waals surface area contributed by atoms with E-state index in [9.17, 15) is 5.26 Å². The molecule has 0 fully saturated rings. The molecular weight excluding hydrogens is 306 g/mol. The van der Waals surface area contributed by atoms with E-state index in [1.165, 1.54) is 0 Å². The molecule has 0 unspecified atom stereocenters. The molecule has 1 aromatic heterocycles. The Morgan fingerprint density at radius 1 is 1.37 bits per heavy atom. The van der Waals surface area contributed by atoms with E-state index in [1.807, 2.05) is 32.0 Å². The Balaban J connectivity index is 2.53. The van der Waals surface area contributed by atoms with Gasteiger partial charge in [0.05, 0.1) is 10.2 Å². The summed E-state index contributed by atoms with van der Waals surface area (Å²) in [6.07, 6.45) is 0. The number of nitrogens with two attached hydrogens (primary N) is 1. The molecule has 0 saturated carbocycles. The highest BCUT2D eigenvalue weighted by Crippen LogP contribution is 2.35. The molecule has 0 radical (unpaired) electrons. The molecule has 0 bridgehead atoms. The first kappa shape index (κ1) is 13.4. The van der Waals surface area contributed by atoms with Crippen LogP contribution in [0.5, 0.6) is 11.6 Å². The quantitative estimate of drug-likeness (QED) is 0.857. The van der Waals surface area contributed by atoms with Gasteiger partial charge in [0.25, 0.3) is 0 Å². The molecule has 2 aromatic rings. The van der Waals surface area contributed by atoms with Crippen LogP contribution < -0.4 is 10.5 Å². The summed E-state index contributed by atoms with van der Waals surface area (Å²) in [5.41, 5.74) is 8.39. The first-order valence-corrected chi connectivity index (χ1v) is 6.42. The Morgan fingerprint density at radius 2 is 2.11 bits per heavy atom. The van der Waals surface area contributed by atoms with Gasteiger partial charge >= 0.3 is 0 Å². The molecule has 0 atom stereocenters. The largest absolute Gasteiger partial charge is 0.434 e. The van der Waals surface area contributed by atoms with Gasteiger partial charge in [-0.2, -0.15) is 5.26 Å². The molecule has 5 heteroatoms. The fraction of sp³-hybridized carbons (Fsp3) is 0.143. The van der Waals surface area contributed by atoms with Crippen molar-refractivity contribution in [2.24, 2.45) is 0 Å². The maximum absolute atomic E-state index is 9.19. The van der Waals surface area contributed by atoms with Crippen molar-refractivity contribution in [3.05, 3.63) is 45.6 Å². The van der Waals surface area contributed by atoms with E-state index in [4.69, 9.17) is 10.5 Å². The van der Waals surface area contributed by atoms with Crippen molar-refractivity contribution in [1.82, 2.24) is 4.98 Å². The Kier molecular flexibility index (Phi) is 3.72. The highest BCUT2D eigenvalue weighted by atomic mass is 79.9. The first-order chi connectivity index (χ1) is 9.02. The molecule has 2 N–H and O–H groups in total. The van der Waals surface area contributed by atoms with Gasteiger partial charge in [-0.05, 0) is 53.5 Å². The molecule has 0 aliphatic carbocycles. The lowest BCUT2D eigenvalue weighted by Gasteiger charge is -2.12. The van der Waals surface area contributed by atoms with Crippen molar-refractivity contribution in [2.45, 2.75) is 13.8 Å². The van der Waals surface area contributed by atoms with E-state index in [0.717, 1.165) is 15.7 Å². The number of pyridine rings is 1. The van der Waals surface area contributed by atoms with Crippen LogP contribution in [0.2, 0.25) is 0 Å². The van der Waals surface area contributed by atoms with E-state index < -0.39 is 0 Å². The molecule has 0 amide bonds. The summed E-state index contributed by atoms with van der Waals surface area (Å²) >= 11 is 3.37. The van der Waals surface area contributed by atoms with E-state index >= 15 is 0 Å². The van der Waals surface area contributed by atoms with Gasteiger partial charge in [0.1, 0.15) is 11.6 Å². The van der Waals surface area contributed by atoms with Gasteiger partial charge in [0, 0.05) is 5.69 Å². The fourth-order valence-corrected chi connectivity index (χ4v) is 2.20. The Bertz CT molecular complexity index is 657. The molecule has 19 heavy (non-hydrogen) atoms. The van der Waals surface area contributed by atoms with Gasteiger partial charge < -0.3 is 10.5 Å². The monoisotopic (exact) mass is 317 g/mol. The van der Waals surface area contributed by atoms with Gasteiger partial charge in [0.15, 0.2) is 5.75 Å². The van der Waals surface area contributed by atoms with E-state index in [0.29, 0.717) is 17.0 Å². The number of hydrogen-bond acceptors (Lipinski definition) is 4. The zero-order valence-corrected chi connectivity index (χ0v) is 12.2. The molecular formula is C14H12BrN3O. The van der Waals surface area contributed by atoms with Crippen molar-refractivity contribution in [3.63, 3.8) is 0 Å². The summed E-state index contributed by atoms with van der Waals surface area (Å²) in [6, 6.07) is 9.31. The van der Waals surface area contributed by atoms with Crippen LogP contribution in [0.25, 0.3) is 0 Å². The van der Waals surface area contributed by atoms with Crippen molar-refractivity contribution in [1.29, 1.82) is 5.26 Å².